The summed E-state index contributed by atoms with van der Waals surface area (Å²) < 4.78 is 19.2. The third-order valence-electron chi connectivity index (χ3n) is 4.47. The zero-order chi connectivity index (χ0) is 19.4. The molecule has 1 heterocycles. The van der Waals surface area contributed by atoms with Gasteiger partial charge in [0.15, 0.2) is 5.82 Å². The molecule has 10 heteroatoms. The van der Waals surface area contributed by atoms with Crippen molar-refractivity contribution in [2.45, 2.75) is 37.9 Å². The van der Waals surface area contributed by atoms with Crippen molar-refractivity contribution in [2.75, 3.05) is 7.11 Å². The van der Waals surface area contributed by atoms with E-state index >= 15 is 0 Å². The largest absolute Gasteiger partial charge is 0.481 e. The molecule has 0 saturated heterocycles. The summed E-state index contributed by atoms with van der Waals surface area (Å²) >= 11 is 0. The summed E-state index contributed by atoms with van der Waals surface area (Å²) in [6, 6.07) is 4.80. The normalized spacial score (nSPS) is 15.9. The minimum absolute atomic E-state index is 0.135. The topological polar surface area (TPSA) is 119 Å². The Morgan fingerprint density at radius 1 is 1.37 bits per heavy atom. The number of tetrazole rings is 1. The van der Waals surface area contributed by atoms with E-state index in [1.807, 2.05) is 0 Å². The number of benzene rings is 1. The number of nitrogens with zero attached hydrogens (tertiary/aromatic N) is 4. The van der Waals surface area contributed by atoms with Crippen LogP contribution in [0.15, 0.2) is 24.3 Å². The van der Waals surface area contributed by atoms with E-state index in [4.69, 9.17) is 0 Å². The number of carboxylic acids is 1. The van der Waals surface area contributed by atoms with Gasteiger partial charge in [0, 0.05) is 6.04 Å². The van der Waals surface area contributed by atoms with Gasteiger partial charge in [0.25, 0.3) is 0 Å². The molecule has 1 aliphatic carbocycles. The lowest BCUT2D eigenvalue weighted by Crippen LogP contribution is -2.32. The molecule has 0 bridgehead atoms. The van der Waals surface area contributed by atoms with Crippen molar-refractivity contribution in [2.24, 2.45) is 5.92 Å². The van der Waals surface area contributed by atoms with E-state index in [9.17, 15) is 19.1 Å². The zero-order valence-electron chi connectivity index (χ0n) is 14.7. The molecule has 2 N–H and O–H groups in total. The van der Waals surface area contributed by atoms with Crippen LogP contribution in [0.25, 0.3) is 0 Å². The Balaban J connectivity index is 1.85. The number of carboxylic acid groups (broad SMARTS) is 1. The lowest BCUT2D eigenvalue weighted by molar-refractivity contribution is -0.141. The van der Waals surface area contributed by atoms with Gasteiger partial charge < -0.3 is 9.84 Å². The smallest absolute Gasteiger partial charge is 0.327 e. The molecular weight excluding hydrogens is 357 g/mol. The molecule has 0 spiro atoms. The van der Waals surface area contributed by atoms with Crippen LogP contribution < -0.4 is 5.32 Å². The lowest BCUT2D eigenvalue weighted by atomic mass is 10.0. The highest BCUT2D eigenvalue weighted by atomic mass is 19.1. The summed E-state index contributed by atoms with van der Waals surface area (Å²) in [5.74, 6) is -1.20. The summed E-state index contributed by atoms with van der Waals surface area (Å²) in [5.41, 5.74) is 0.649. The minimum atomic E-state index is -0.986. The van der Waals surface area contributed by atoms with E-state index in [1.165, 1.54) is 23.9 Å². The highest BCUT2D eigenvalue weighted by Gasteiger charge is 2.38. The standard InChI is InChI=1S/C17H20FN5O4/c1-27-15(26)9-23-17(20-21-22-23)16(11-2-3-11)19-13(8-14(24)25)10-4-6-12(18)7-5-10/h4-7,11,13,16,19H,2-3,8-9H2,1H3,(H,24,25). The van der Waals surface area contributed by atoms with Crippen molar-refractivity contribution in [3.63, 3.8) is 0 Å². The van der Waals surface area contributed by atoms with Crippen LogP contribution in [0.1, 0.15) is 42.7 Å². The number of halogens is 1. The molecule has 27 heavy (non-hydrogen) atoms. The highest BCUT2D eigenvalue weighted by molar-refractivity contribution is 5.69. The summed E-state index contributed by atoms with van der Waals surface area (Å²) in [6.45, 7) is -0.135. The number of esters is 1. The van der Waals surface area contributed by atoms with Crippen molar-refractivity contribution >= 4 is 11.9 Å². The molecule has 1 aromatic carbocycles. The van der Waals surface area contributed by atoms with Gasteiger partial charge in [0.05, 0.1) is 19.6 Å². The Morgan fingerprint density at radius 3 is 2.67 bits per heavy atom. The van der Waals surface area contributed by atoms with Crippen LogP contribution in [0, 0.1) is 11.7 Å². The van der Waals surface area contributed by atoms with Crippen LogP contribution >= 0.6 is 0 Å². The fourth-order valence-electron chi connectivity index (χ4n) is 2.94. The number of carbonyl (C=O) groups is 2. The third kappa shape index (κ3) is 4.85. The maximum Gasteiger partial charge on any atom is 0.327 e. The van der Waals surface area contributed by atoms with Crippen molar-refractivity contribution in [1.29, 1.82) is 0 Å². The van der Waals surface area contributed by atoms with Gasteiger partial charge in [-0.2, -0.15) is 0 Å². The quantitative estimate of drug-likeness (QED) is 0.627. The molecule has 144 valence electrons. The molecule has 1 fully saturated rings. The molecule has 1 saturated carbocycles. The van der Waals surface area contributed by atoms with Crippen molar-refractivity contribution in [3.8, 4) is 0 Å². The average Bonchev–Trinajstić information content (AvgIpc) is 3.38. The second-order valence-corrected chi connectivity index (χ2v) is 6.45. The van der Waals surface area contributed by atoms with Gasteiger partial charge in [0.1, 0.15) is 12.4 Å². The summed E-state index contributed by atoms with van der Waals surface area (Å²) in [4.78, 5) is 22.9. The molecular formula is C17H20FN5O4. The SMILES string of the molecule is COC(=O)Cn1nnnc1C(NC(CC(=O)O)c1ccc(F)cc1)C1CC1. The first-order valence-electron chi connectivity index (χ1n) is 8.54. The average molecular weight is 377 g/mol. The summed E-state index contributed by atoms with van der Waals surface area (Å²) in [5, 5.41) is 24.1. The number of methoxy groups -OCH3 is 1. The van der Waals surface area contributed by atoms with Gasteiger partial charge in [-0.05, 0) is 46.9 Å². The number of hydrogen-bond acceptors (Lipinski definition) is 7. The number of ether oxygens (including phenoxy) is 1. The molecule has 2 unspecified atom stereocenters. The first-order chi connectivity index (χ1) is 13.0. The van der Waals surface area contributed by atoms with Crippen LogP contribution in [0.5, 0.6) is 0 Å². The Bertz CT molecular complexity index is 806. The van der Waals surface area contributed by atoms with Crippen LogP contribution in [0.4, 0.5) is 4.39 Å². The fourth-order valence-corrected chi connectivity index (χ4v) is 2.94. The van der Waals surface area contributed by atoms with E-state index in [2.05, 4.69) is 25.6 Å². The first kappa shape index (κ1) is 18.9. The van der Waals surface area contributed by atoms with Crippen molar-refractivity contribution in [1.82, 2.24) is 25.5 Å². The molecule has 2 atom stereocenters. The van der Waals surface area contributed by atoms with Gasteiger partial charge in [0.2, 0.25) is 0 Å². The predicted molar refractivity (Wildman–Crippen MR) is 89.8 cm³/mol. The van der Waals surface area contributed by atoms with Gasteiger partial charge in [-0.1, -0.05) is 12.1 Å². The molecule has 1 aliphatic rings. The Labute approximate surface area is 154 Å². The van der Waals surface area contributed by atoms with Gasteiger partial charge >= 0.3 is 11.9 Å². The van der Waals surface area contributed by atoms with Crippen LogP contribution in [0.2, 0.25) is 0 Å². The molecule has 0 aliphatic heterocycles. The number of rotatable bonds is 9. The van der Waals surface area contributed by atoms with Crippen LogP contribution in [0.3, 0.4) is 0 Å². The predicted octanol–water partition coefficient (Wildman–Crippen LogP) is 1.24. The molecule has 0 amide bonds. The van der Waals surface area contributed by atoms with Crippen LogP contribution in [-0.2, 0) is 20.9 Å². The minimum Gasteiger partial charge on any atom is -0.481 e. The van der Waals surface area contributed by atoms with E-state index in [1.54, 1.807) is 12.1 Å². The van der Waals surface area contributed by atoms with Gasteiger partial charge in [-0.15, -0.1) is 5.10 Å². The second-order valence-electron chi connectivity index (χ2n) is 6.45. The Morgan fingerprint density at radius 2 is 2.07 bits per heavy atom. The van der Waals surface area contributed by atoms with Crippen molar-refractivity contribution < 1.29 is 23.8 Å². The van der Waals surface area contributed by atoms with Crippen LogP contribution in [-0.4, -0.2) is 44.4 Å². The maximum absolute atomic E-state index is 13.2. The number of hydrogen-bond donors (Lipinski definition) is 2. The van der Waals surface area contributed by atoms with E-state index < -0.39 is 23.8 Å². The summed E-state index contributed by atoms with van der Waals surface area (Å²) in [7, 11) is 1.28. The number of carbonyl (C=O) groups excluding carboxylic acids is 1. The van der Waals surface area contributed by atoms with Crippen molar-refractivity contribution in [3.05, 3.63) is 41.5 Å². The summed E-state index contributed by atoms with van der Waals surface area (Å²) in [6.07, 6.45) is 1.69. The van der Waals surface area contributed by atoms with E-state index in [0.717, 1.165) is 12.8 Å². The van der Waals surface area contributed by atoms with Gasteiger partial charge in [-0.3, -0.25) is 14.9 Å². The third-order valence-corrected chi connectivity index (χ3v) is 4.47. The zero-order valence-corrected chi connectivity index (χ0v) is 14.7. The Kier molecular flexibility index (Phi) is 5.75. The first-order valence-corrected chi connectivity index (χ1v) is 8.54. The number of aromatic nitrogens is 4. The monoisotopic (exact) mass is 377 g/mol. The number of nitrogens with one attached hydrogen (secondary N) is 1. The molecule has 9 nitrogen and oxygen atoms in total. The molecule has 2 aromatic rings. The number of aliphatic carboxylic acids is 1. The Hall–Kier alpha value is -2.88. The molecule has 0 radical (unpaired) electrons. The molecule has 1 aromatic heterocycles. The van der Waals surface area contributed by atoms with E-state index in [-0.39, 0.29) is 24.9 Å². The second kappa shape index (κ2) is 8.21. The van der Waals surface area contributed by atoms with Gasteiger partial charge in [-0.25, -0.2) is 9.07 Å². The lowest BCUT2D eigenvalue weighted by Gasteiger charge is -2.24. The molecule has 3 rings (SSSR count). The van der Waals surface area contributed by atoms with E-state index in [0.29, 0.717) is 11.4 Å². The fraction of sp³-hybridized carbons (Fsp3) is 0.471. The highest BCUT2D eigenvalue weighted by Crippen LogP contribution is 2.41. The maximum atomic E-state index is 13.2.